The van der Waals surface area contributed by atoms with Gasteiger partial charge in [0.15, 0.2) is 0 Å². The van der Waals surface area contributed by atoms with Crippen LogP contribution in [0.25, 0.3) is 0 Å². The molecule has 0 atom stereocenters. The number of hydrogen-bond acceptors (Lipinski definition) is 4. The highest BCUT2D eigenvalue weighted by molar-refractivity contribution is 7.89. The molecule has 0 spiro atoms. The first-order valence-corrected chi connectivity index (χ1v) is 7.60. The van der Waals surface area contributed by atoms with E-state index in [-0.39, 0.29) is 30.0 Å². The van der Waals surface area contributed by atoms with Crippen LogP contribution >= 0.6 is 0 Å². The van der Waals surface area contributed by atoms with E-state index in [1.165, 1.54) is 24.3 Å². The standard InChI is InChI=1S/C12H16N2O5S/c1-2-14-20(18,19)8-7-13-11(15)9-5-3-4-6-10(9)12(16)17/h3-6,14H,2,7-8H2,1H3,(H,13,15)(H,16,17). The number of rotatable bonds is 7. The molecule has 110 valence electrons. The van der Waals surface area contributed by atoms with Gasteiger partial charge in [0.05, 0.1) is 16.9 Å². The predicted molar refractivity (Wildman–Crippen MR) is 73.2 cm³/mol. The van der Waals surface area contributed by atoms with Crippen molar-refractivity contribution in [2.45, 2.75) is 6.92 Å². The lowest BCUT2D eigenvalue weighted by atomic mass is 10.1. The van der Waals surface area contributed by atoms with Crippen LogP contribution in [0.2, 0.25) is 0 Å². The third-order valence-corrected chi connectivity index (χ3v) is 3.89. The summed E-state index contributed by atoms with van der Waals surface area (Å²) in [4.78, 5) is 22.8. The van der Waals surface area contributed by atoms with Crippen molar-refractivity contribution in [2.75, 3.05) is 18.8 Å². The van der Waals surface area contributed by atoms with E-state index < -0.39 is 21.9 Å². The average molecular weight is 300 g/mol. The fourth-order valence-electron chi connectivity index (χ4n) is 1.55. The Balaban J connectivity index is 2.67. The Bertz CT molecular complexity index is 598. The summed E-state index contributed by atoms with van der Waals surface area (Å²) in [6.45, 7) is 1.83. The van der Waals surface area contributed by atoms with Gasteiger partial charge in [-0.1, -0.05) is 19.1 Å². The summed E-state index contributed by atoms with van der Waals surface area (Å²) in [6.07, 6.45) is 0. The van der Waals surface area contributed by atoms with Gasteiger partial charge in [-0.05, 0) is 12.1 Å². The molecular weight excluding hydrogens is 284 g/mol. The van der Waals surface area contributed by atoms with Crippen LogP contribution in [0.5, 0.6) is 0 Å². The Hall–Kier alpha value is -1.93. The lowest BCUT2D eigenvalue weighted by Crippen LogP contribution is -2.34. The molecule has 20 heavy (non-hydrogen) atoms. The SMILES string of the molecule is CCNS(=O)(=O)CCNC(=O)c1ccccc1C(=O)O. The third kappa shape index (κ3) is 4.63. The molecule has 1 aromatic carbocycles. The molecule has 0 radical (unpaired) electrons. The maximum atomic E-state index is 11.8. The minimum absolute atomic E-state index is 0.000786. The number of carbonyl (C=O) groups is 2. The molecule has 7 nitrogen and oxygen atoms in total. The van der Waals surface area contributed by atoms with Crippen LogP contribution in [-0.2, 0) is 10.0 Å². The molecule has 3 N–H and O–H groups in total. The molecule has 0 saturated carbocycles. The summed E-state index contributed by atoms with van der Waals surface area (Å²) in [5.41, 5.74) is -0.125. The summed E-state index contributed by atoms with van der Waals surface area (Å²) in [5.74, 6) is -2.09. The lowest BCUT2D eigenvalue weighted by Gasteiger charge is -2.08. The first-order chi connectivity index (χ1) is 9.37. The van der Waals surface area contributed by atoms with Gasteiger partial charge in [0.1, 0.15) is 0 Å². The minimum Gasteiger partial charge on any atom is -0.478 e. The molecule has 0 saturated heterocycles. The highest BCUT2D eigenvalue weighted by Gasteiger charge is 2.16. The second kappa shape index (κ2) is 7.01. The van der Waals surface area contributed by atoms with E-state index in [0.717, 1.165) is 0 Å². The first kappa shape index (κ1) is 16.1. The number of hydrogen-bond donors (Lipinski definition) is 3. The van der Waals surface area contributed by atoms with Crippen LogP contribution in [0.15, 0.2) is 24.3 Å². The van der Waals surface area contributed by atoms with Crippen LogP contribution in [0.3, 0.4) is 0 Å². The summed E-state index contributed by atoms with van der Waals surface area (Å²) >= 11 is 0. The van der Waals surface area contributed by atoms with E-state index in [2.05, 4.69) is 10.0 Å². The minimum atomic E-state index is -3.42. The van der Waals surface area contributed by atoms with Gasteiger partial charge in [-0.2, -0.15) is 0 Å². The van der Waals surface area contributed by atoms with Gasteiger partial charge >= 0.3 is 5.97 Å². The van der Waals surface area contributed by atoms with Gasteiger partial charge in [-0.25, -0.2) is 17.9 Å². The Morgan fingerprint density at radius 1 is 1.20 bits per heavy atom. The van der Waals surface area contributed by atoms with Gasteiger partial charge in [0.2, 0.25) is 10.0 Å². The summed E-state index contributed by atoms with van der Waals surface area (Å²) in [6, 6.07) is 5.73. The number of nitrogens with one attached hydrogen (secondary N) is 2. The zero-order chi connectivity index (χ0) is 15.2. The molecule has 1 rings (SSSR count). The van der Waals surface area contributed by atoms with Crippen molar-refractivity contribution in [1.29, 1.82) is 0 Å². The van der Waals surface area contributed by atoms with Crippen molar-refractivity contribution < 1.29 is 23.1 Å². The average Bonchev–Trinajstić information content (AvgIpc) is 2.38. The predicted octanol–water partition coefficient (Wildman–Crippen LogP) is 0.0539. The Labute approximate surface area is 117 Å². The van der Waals surface area contributed by atoms with Crippen molar-refractivity contribution in [2.24, 2.45) is 0 Å². The molecule has 0 aromatic heterocycles. The highest BCUT2D eigenvalue weighted by atomic mass is 32.2. The normalized spacial score (nSPS) is 11.1. The van der Waals surface area contributed by atoms with E-state index in [1.54, 1.807) is 6.92 Å². The monoisotopic (exact) mass is 300 g/mol. The molecular formula is C12H16N2O5S. The number of benzene rings is 1. The van der Waals surface area contributed by atoms with Crippen molar-refractivity contribution in [1.82, 2.24) is 10.0 Å². The number of sulfonamides is 1. The van der Waals surface area contributed by atoms with E-state index in [9.17, 15) is 18.0 Å². The fraction of sp³-hybridized carbons (Fsp3) is 0.333. The highest BCUT2D eigenvalue weighted by Crippen LogP contribution is 2.08. The van der Waals surface area contributed by atoms with Crippen LogP contribution < -0.4 is 10.0 Å². The largest absolute Gasteiger partial charge is 0.478 e. The smallest absolute Gasteiger partial charge is 0.336 e. The third-order valence-electron chi connectivity index (χ3n) is 2.42. The molecule has 0 aliphatic rings. The van der Waals surface area contributed by atoms with Gasteiger partial charge < -0.3 is 10.4 Å². The zero-order valence-corrected chi connectivity index (χ0v) is 11.7. The van der Waals surface area contributed by atoms with E-state index in [0.29, 0.717) is 0 Å². The zero-order valence-electron chi connectivity index (χ0n) is 10.9. The Morgan fingerprint density at radius 2 is 1.80 bits per heavy atom. The maximum absolute atomic E-state index is 11.8. The van der Waals surface area contributed by atoms with Crippen molar-refractivity contribution in [3.05, 3.63) is 35.4 Å². The van der Waals surface area contributed by atoms with Gasteiger partial charge in [0, 0.05) is 13.1 Å². The second-order valence-electron chi connectivity index (χ2n) is 3.92. The molecule has 0 bridgehead atoms. The molecule has 1 amide bonds. The topological polar surface area (TPSA) is 113 Å². The Morgan fingerprint density at radius 3 is 2.35 bits per heavy atom. The first-order valence-electron chi connectivity index (χ1n) is 5.95. The Kier molecular flexibility index (Phi) is 5.66. The van der Waals surface area contributed by atoms with Crippen LogP contribution in [0, 0.1) is 0 Å². The van der Waals surface area contributed by atoms with Crippen LogP contribution in [-0.4, -0.2) is 44.2 Å². The molecule has 0 fully saturated rings. The molecule has 0 unspecified atom stereocenters. The molecule has 0 heterocycles. The number of aromatic carboxylic acids is 1. The summed E-state index contributed by atoms with van der Waals surface area (Å²) in [5, 5.41) is 11.3. The number of carbonyl (C=O) groups excluding carboxylic acids is 1. The second-order valence-corrected chi connectivity index (χ2v) is 5.85. The van der Waals surface area contributed by atoms with Gasteiger partial charge in [-0.15, -0.1) is 0 Å². The van der Waals surface area contributed by atoms with Crippen LogP contribution in [0.1, 0.15) is 27.6 Å². The molecule has 0 aliphatic carbocycles. The summed E-state index contributed by atoms with van der Waals surface area (Å²) in [7, 11) is -3.42. The summed E-state index contributed by atoms with van der Waals surface area (Å²) < 4.78 is 25.0. The maximum Gasteiger partial charge on any atom is 0.336 e. The quantitative estimate of drug-likeness (QED) is 0.659. The number of carboxylic acid groups (broad SMARTS) is 1. The fourth-order valence-corrected chi connectivity index (χ4v) is 2.51. The molecule has 0 aliphatic heterocycles. The van der Waals surface area contributed by atoms with Gasteiger partial charge in [0.25, 0.3) is 5.91 Å². The molecule has 1 aromatic rings. The van der Waals surface area contributed by atoms with Crippen molar-refractivity contribution >= 4 is 21.9 Å². The van der Waals surface area contributed by atoms with Crippen molar-refractivity contribution in [3.63, 3.8) is 0 Å². The van der Waals surface area contributed by atoms with E-state index in [1.807, 2.05) is 0 Å². The van der Waals surface area contributed by atoms with E-state index in [4.69, 9.17) is 5.11 Å². The number of carboxylic acids is 1. The van der Waals surface area contributed by atoms with Crippen LogP contribution in [0.4, 0.5) is 0 Å². The lowest BCUT2D eigenvalue weighted by molar-refractivity contribution is 0.0691. The van der Waals surface area contributed by atoms with Crippen molar-refractivity contribution in [3.8, 4) is 0 Å². The van der Waals surface area contributed by atoms with E-state index >= 15 is 0 Å². The van der Waals surface area contributed by atoms with Gasteiger partial charge in [-0.3, -0.25) is 4.79 Å². The number of amides is 1. The molecule has 8 heteroatoms.